The molecule has 1 aliphatic rings. The lowest BCUT2D eigenvalue weighted by atomic mass is 9.97. The molecule has 3 heterocycles. The Morgan fingerprint density at radius 2 is 1.96 bits per heavy atom. The summed E-state index contributed by atoms with van der Waals surface area (Å²) in [5.41, 5.74) is 0.831. The largest absolute Gasteiger partial charge is 0.461 e. The van der Waals surface area contributed by atoms with Crippen LogP contribution >= 0.6 is 11.6 Å². The van der Waals surface area contributed by atoms with Crippen LogP contribution in [-0.4, -0.2) is 34.0 Å². The Kier molecular flexibility index (Phi) is 5.02. The first-order valence-electron chi connectivity index (χ1n) is 7.51. The molecule has 0 unspecified atom stereocenters. The number of halogens is 1. The van der Waals surface area contributed by atoms with Crippen molar-refractivity contribution in [1.29, 1.82) is 0 Å². The minimum Gasteiger partial charge on any atom is -0.461 e. The van der Waals surface area contributed by atoms with Gasteiger partial charge in [-0.1, -0.05) is 17.7 Å². The number of hydrogen-bond donors (Lipinski definition) is 0. The molecular weight excluding hydrogens is 316 g/mol. The molecule has 0 aliphatic carbocycles. The third-order valence-electron chi connectivity index (χ3n) is 3.83. The number of hydrogen-bond acceptors (Lipinski definition) is 6. The maximum absolute atomic E-state index is 12.2. The maximum Gasteiger partial charge on any atom is 0.309 e. The Balaban J connectivity index is 1.47. The third kappa shape index (κ3) is 4.16. The summed E-state index contributed by atoms with van der Waals surface area (Å²) in [5.74, 6) is 0.482. The smallest absolute Gasteiger partial charge is 0.309 e. The molecule has 0 saturated carbocycles. The lowest BCUT2D eigenvalue weighted by molar-refractivity contribution is -0.150. The highest BCUT2D eigenvalue weighted by molar-refractivity contribution is 6.29. The Hall–Kier alpha value is -2.21. The van der Waals surface area contributed by atoms with Crippen LogP contribution in [0.2, 0.25) is 5.15 Å². The second-order valence-electron chi connectivity index (χ2n) is 5.41. The number of piperidine rings is 1. The molecule has 2 aromatic heterocycles. The van der Waals surface area contributed by atoms with Crippen LogP contribution in [0.25, 0.3) is 0 Å². The van der Waals surface area contributed by atoms with Gasteiger partial charge < -0.3 is 9.64 Å². The van der Waals surface area contributed by atoms with Crippen molar-refractivity contribution in [3.05, 3.63) is 47.5 Å². The molecule has 3 rings (SSSR count). The SMILES string of the molecule is O=C(OCc1ccc(Cl)nc1)C1CCN(c2ncccn2)CC1. The van der Waals surface area contributed by atoms with Crippen LogP contribution in [0.3, 0.4) is 0 Å². The lowest BCUT2D eigenvalue weighted by Gasteiger charge is -2.30. The highest BCUT2D eigenvalue weighted by atomic mass is 35.5. The molecule has 0 spiro atoms. The molecular formula is C16H17ClN4O2. The summed E-state index contributed by atoms with van der Waals surface area (Å²) in [6.07, 6.45) is 6.56. The van der Waals surface area contributed by atoms with Crippen molar-refractivity contribution in [3.63, 3.8) is 0 Å². The first-order valence-corrected chi connectivity index (χ1v) is 7.89. The van der Waals surface area contributed by atoms with E-state index in [0.29, 0.717) is 11.1 Å². The van der Waals surface area contributed by atoms with Crippen LogP contribution in [0, 0.1) is 5.92 Å². The summed E-state index contributed by atoms with van der Waals surface area (Å²) >= 11 is 5.73. The van der Waals surface area contributed by atoms with E-state index in [-0.39, 0.29) is 18.5 Å². The van der Waals surface area contributed by atoms with Gasteiger partial charge in [0, 0.05) is 37.2 Å². The van der Waals surface area contributed by atoms with E-state index < -0.39 is 0 Å². The number of rotatable bonds is 4. The van der Waals surface area contributed by atoms with Gasteiger partial charge in [0.25, 0.3) is 0 Å². The van der Waals surface area contributed by atoms with Crippen molar-refractivity contribution >= 4 is 23.5 Å². The molecule has 6 nitrogen and oxygen atoms in total. The topological polar surface area (TPSA) is 68.2 Å². The zero-order valence-corrected chi connectivity index (χ0v) is 13.3. The molecule has 1 aliphatic heterocycles. The van der Waals surface area contributed by atoms with Crippen LogP contribution in [-0.2, 0) is 16.1 Å². The molecule has 23 heavy (non-hydrogen) atoms. The zero-order chi connectivity index (χ0) is 16.1. The van der Waals surface area contributed by atoms with Crippen LogP contribution in [0.5, 0.6) is 0 Å². The third-order valence-corrected chi connectivity index (χ3v) is 4.06. The first kappa shape index (κ1) is 15.7. The Morgan fingerprint density at radius 3 is 2.61 bits per heavy atom. The molecule has 120 valence electrons. The predicted octanol–water partition coefficient (Wildman–Crippen LogP) is 2.48. The summed E-state index contributed by atoms with van der Waals surface area (Å²) in [4.78, 5) is 26.7. The Morgan fingerprint density at radius 1 is 1.22 bits per heavy atom. The summed E-state index contributed by atoms with van der Waals surface area (Å²) in [6.45, 7) is 1.74. The van der Waals surface area contributed by atoms with Gasteiger partial charge in [-0.15, -0.1) is 0 Å². The number of nitrogens with zero attached hydrogens (tertiary/aromatic N) is 4. The van der Waals surface area contributed by atoms with Gasteiger partial charge in [-0.3, -0.25) is 4.79 Å². The van der Waals surface area contributed by atoms with Gasteiger partial charge in [-0.05, 0) is 25.0 Å². The molecule has 1 saturated heterocycles. The van der Waals surface area contributed by atoms with Gasteiger partial charge >= 0.3 is 5.97 Å². The highest BCUT2D eigenvalue weighted by Gasteiger charge is 2.27. The van der Waals surface area contributed by atoms with E-state index in [0.717, 1.165) is 31.5 Å². The van der Waals surface area contributed by atoms with E-state index in [1.807, 2.05) is 0 Å². The van der Waals surface area contributed by atoms with Crippen LogP contribution in [0.15, 0.2) is 36.8 Å². The van der Waals surface area contributed by atoms with Gasteiger partial charge in [0.05, 0.1) is 5.92 Å². The van der Waals surface area contributed by atoms with E-state index in [9.17, 15) is 4.79 Å². The fourth-order valence-corrected chi connectivity index (χ4v) is 2.65. The van der Waals surface area contributed by atoms with Gasteiger partial charge in [0.15, 0.2) is 0 Å². The highest BCUT2D eigenvalue weighted by Crippen LogP contribution is 2.21. The number of carbonyl (C=O) groups is 1. The fraction of sp³-hybridized carbons (Fsp3) is 0.375. The Labute approximate surface area is 139 Å². The first-order chi connectivity index (χ1) is 11.2. The average molecular weight is 333 g/mol. The standard InChI is InChI=1S/C16H17ClN4O2/c17-14-3-2-12(10-20-14)11-23-15(22)13-4-8-21(9-5-13)16-18-6-1-7-19-16/h1-3,6-7,10,13H,4-5,8-9,11H2. The number of pyridine rings is 1. The predicted molar refractivity (Wildman–Crippen MR) is 86.0 cm³/mol. The summed E-state index contributed by atoms with van der Waals surface area (Å²) in [6, 6.07) is 5.28. The molecule has 2 aromatic rings. The Bertz CT molecular complexity index is 643. The number of anilines is 1. The number of aromatic nitrogens is 3. The monoisotopic (exact) mass is 332 g/mol. The van der Waals surface area contributed by atoms with Crippen molar-refractivity contribution in [1.82, 2.24) is 15.0 Å². The van der Waals surface area contributed by atoms with E-state index in [4.69, 9.17) is 16.3 Å². The molecule has 0 N–H and O–H groups in total. The normalized spacial score (nSPS) is 15.4. The van der Waals surface area contributed by atoms with Gasteiger partial charge in [-0.25, -0.2) is 15.0 Å². The van der Waals surface area contributed by atoms with Gasteiger partial charge in [-0.2, -0.15) is 0 Å². The van der Waals surface area contributed by atoms with Crippen molar-refractivity contribution in [2.24, 2.45) is 5.92 Å². The molecule has 7 heteroatoms. The maximum atomic E-state index is 12.2. The summed E-state index contributed by atoms with van der Waals surface area (Å²) in [5, 5.41) is 0.426. The second kappa shape index (κ2) is 7.37. The van der Waals surface area contributed by atoms with E-state index in [1.165, 1.54) is 0 Å². The van der Waals surface area contributed by atoms with Crippen LogP contribution in [0.4, 0.5) is 5.95 Å². The zero-order valence-electron chi connectivity index (χ0n) is 12.6. The van der Waals surface area contributed by atoms with E-state index in [2.05, 4.69) is 19.9 Å². The van der Waals surface area contributed by atoms with E-state index >= 15 is 0 Å². The summed E-state index contributed by atoms with van der Waals surface area (Å²) in [7, 11) is 0. The number of ether oxygens (including phenoxy) is 1. The van der Waals surface area contributed by atoms with Crippen molar-refractivity contribution < 1.29 is 9.53 Å². The average Bonchev–Trinajstić information content (AvgIpc) is 2.62. The second-order valence-corrected chi connectivity index (χ2v) is 5.79. The fourth-order valence-electron chi connectivity index (χ4n) is 2.53. The van der Waals surface area contributed by atoms with Crippen LogP contribution in [0.1, 0.15) is 18.4 Å². The molecule has 0 aromatic carbocycles. The lowest BCUT2D eigenvalue weighted by Crippen LogP contribution is -2.37. The van der Waals surface area contributed by atoms with Crippen molar-refractivity contribution in [2.75, 3.05) is 18.0 Å². The number of esters is 1. The molecule has 0 amide bonds. The molecule has 0 atom stereocenters. The van der Waals surface area contributed by atoms with Crippen molar-refractivity contribution in [2.45, 2.75) is 19.4 Å². The van der Waals surface area contributed by atoms with Crippen molar-refractivity contribution in [3.8, 4) is 0 Å². The summed E-state index contributed by atoms with van der Waals surface area (Å²) < 4.78 is 5.38. The minimum absolute atomic E-state index is 0.0739. The van der Waals surface area contributed by atoms with Gasteiger partial charge in [0.1, 0.15) is 11.8 Å². The quantitative estimate of drug-likeness (QED) is 0.633. The minimum atomic E-state index is -0.159. The number of carbonyl (C=O) groups excluding carboxylic acids is 1. The van der Waals surface area contributed by atoms with Gasteiger partial charge in [0.2, 0.25) is 5.95 Å². The van der Waals surface area contributed by atoms with E-state index in [1.54, 1.807) is 36.8 Å². The molecule has 1 fully saturated rings. The molecule has 0 radical (unpaired) electrons. The molecule has 0 bridgehead atoms. The van der Waals surface area contributed by atoms with Crippen LogP contribution < -0.4 is 4.90 Å².